The molecule has 2 unspecified atom stereocenters. The molecule has 0 aliphatic heterocycles. The van der Waals surface area contributed by atoms with E-state index in [1.807, 2.05) is 0 Å². The van der Waals surface area contributed by atoms with Gasteiger partial charge in [0.1, 0.15) is 5.83 Å². The molecule has 83 valence electrons. The van der Waals surface area contributed by atoms with Crippen LogP contribution in [0, 0.1) is 0 Å². The van der Waals surface area contributed by atoms with Crippen LogP contribution < -0.4 is 0 Å². The molecule has 0 bridgehead atoms. The van der Waals surface area contributed by atoms with Crippen LogP contribution in [0.3, 0.4) is 0 Å². The summed E-state index contributed by atoms with van der Waals surface area (Å²) in [6.07, 6.45) is 0. The monoisotopic (exact) mass is 225 g/mol. The second kappa shape index (κ2) is 3.96. The maximum atomic E-state index is 13.6. The fourth-order valence-electron chi connectivity index (χ4n) is 1.25. The van der Waals surface area contributed by atoms with E-state index in [1.165, 1.54) is 0 Å². The van der Waals surface area contributed by atoms with Gasteiger partial charge in [-0.05, 0) is 6.92 Å². The Kier molecular flexibility index (Phi) is 3.23. The summed E-state index contributed by atoms with van der Waals surface area (Å²) >= 11 is 0. The Morgan fingerprint density at radius 1 is 1.20 bits per heavy atom. The van der Waals surface area contributed by atoms with Crippen molar-refractivity contribution in [1.82, 2.24) is 0 Å². The van der Waals surface area contributed by atoms with E-state index in [1.54, 1.807) is 0 Å². The molecular weight excluding hydrogens is 218 g/mol. The number of halogens is 5. The fourth-order valence-corrected chi connectivity index (χ4v) is 1.25. The lowest BCUT2D eigenvalue weighted by Gasteiger charge is -2.30. The molecule has 1 aliphatic carbocycles. The Labute approximate surface area is 83.9 Å². The highest BCUT2D eigenvalue weighted by Crippen LogP contribution is 2.49. The molecule has 0 fully saturated rings. The molecule has 1 aliphatic rings. The molecule has 0 N–H and O–H groups in total. The summed E-state index contributed by atoms with van der Waals surface area (Å²) in [5, 5.41) is 0. The molecule has 0 saturated heterocycles. The highest BCUT2D eigenvalue weighted by atomic mass is 19.2. The van der Waals surface area contributed by atoms with Gasteiger partial charge in [-0.15, -0.1) is 0 Å². The van der Waals surface area contributed by atoms with E-state index in [4.69, 9.17) is 0 Å². The molecule has 0 aromatic carbocycles. The van der Waals surface area contributed by atoms with Crippen LogP contribution in [0.25, 0.3) is 0 Å². The Morgan fingerprint density at radius 3 is 2.20 bits per heavy atom. The number of hydrogen-bond acceptors (Lipinski definition) is 1. The van der Waals surface area contributed by atoms with Gasteiger partial charge < -0.3 is 4.65 Å². The summed E-state index contributed by atoms with van der Waals surface area (Å²) in [7, 11) is 1.63. The van der Waals surface area contributed by atoms with Gasteiger partial charge in [0.25, 0.3) is 0 Å². The second-order valence-electron chi connectivity index (χ2n) is 3.21. The number of alkyl halides is 1. The Bertz CT molecular complexity index is 336. The van der Waals surface area contributed by atoms with Crippen molar-refractivity contribution in [2.24, 2.45) is 0 Å². The van der Waals surface area contributed by atoms with Crippen molar-refractivity contribution in [3.8, 4) is 0 Å². The summed E-state index contributed by atoms with van der Waals surface area (Å²) in [6.45, 7) is 0.605. The van der Waals surface area contributed by atoms with Gasteiger partial charge in [0.2, 0.25) is 0 Å². The molecule has 1 radical (unpaired) electrons. The van der Waals surface area contributed by atoms with Crippen LogP contribution in [0.15, 0.2) is 23.3 Å². The molecule has 0 amide bonds. The summed E-state index contributed by atoms with van der Waals surface area (Å²) in [4.78, 5) is 0. The quantitative estimate of drug-likeness (QED) is 0.518. The lowest BCUT2D eigenvalue weighted by atomic mass is 9.66. The van der Waals surface area contributed by atoms with E-state index in [0.29, 0.717) is 14.4 Å². The Hall–Kier alpha value is -0.845. The van der Waals surface area contributed by atoms with Crippen LogP contribution in [-0.2, 0) is 4.65 Å². The maximum absolute atomic E-state index is 13.6. The Morgan fingerprint density at radius 2 is 1.73 bits per heavy atom. The molecule has 15 heavy (non-hydrogen) atoms. The van der Waals surface area contributed by atoms with Crippen molar-refractivity contribution in [3.05, 3.63) is 23.3 Å². The van der Waals surface area contributed by atoms with Crippen molar-refractivity contribution in [1.29, 1.82) is 0 Å². The predicted octanol–water partition coefficient (Wildman–Crippen LogP) is 3.08. The van der Waals surface area contributed by atoms with Crippen LogP contribution in [0.1, 0.15) is 6.92 Å². The highest BCUT2D eigenvalue weighted by Gasteiger charge is 2.50. The van der Waals surface area contributed by atoms with Crippen molar-refractivity contribution < 1.29 is 26.6 Å². The third-order valence-corrected chi connectivity index (χ3v) is 2.15. The van der Waals surface area contributed by atoms with E-state index < -0.39 is 34.8 Å². The first-order valence-corrected chi connectivity index (χ1v) is 4.00. The summed E-state index contributed by atoms with van der Waals surface area (Å²) in [5.74, 6) is -9.79. The van der Waals surface area contributed by atoms with E-state index in [0.717, 1.165) is 7.11 Å². The second-order valence-corrected chi connectivity index (χ2v) is 3.21. The zero-order valence-electron chi connectivity index (χ0n) is 7.95. The first kappa shape index (κ1) is 12.2. The maximum Gasteiger partial charge on any atom is 0.306 e. The van der Waals surface area contributed by atoms with Crippen molar-refractivity contribution in [3.63, 3.8) is 0 Å². The fraction of sp³-hybridized carbons (Fsp3) is 0.500. The minimum absolute atomic E-state index is 0.570. The molecule has 0 heterocycles. The van der Waals surface area contributed by atoms with Crippen molar-refractivity contribution in [2.45, 2.75) is 18.4 Å². The molecule has 0 aromatic rings. The van der Waals surface area contributed by atoms with Gasteiger partial charge in [-0.2, -0.15) is 0 Å². The molecule has 0 spiro atoms. The van der Waals surface area contributed by atoms with Gasteiger partial charge in [0.15, 0.2) is 23.1 Å². The van der Waals surface area contributed by atoms with Gasteiger partial charge in [0, 0.05) is 7.11 Å². The highest BCUT2D eigenvalue weighted by molar-refractivity contribution is 6.31. The number of allylic oxidation sites excluding steroid dienone is 4. The van der Waals surface area contributed by atoms with Gasteiger partial charge in [0.05, 0.1) is 5.82 Å². The summed E-state index contributed by atoms with van der Waals surface area (Å²) in [5.41, 5.74) is -2.99. The number of rotatable bonds is 2. The largest absolute Gasteiger partial charge is 0.442 e. The first-order valence-electron chi connectivity index (χ1n) is 4.00. The van der Waals surface area contributed by atoms with Crippen LogP contribution in [0.4, 0.5) is 22.0 Å². The summed E-state index contributed by atoms with van der Waals surface area (Å²) < 4.78 is 69.3. The molecular formula is C8H7BF5O. The minimum atomic E-state index is -2.99. The molecule has 7 heteroatoms. The molecule has 0 aromatic heterocycles. The van der Waals surface area contributed by atoms with E-state index >= 15 is 0 Å². The lowest BCUT2D eigenvalue weighted by molar-refractivity contribution is 0.161. The standard InChI is InChI=1S/C8H7BF5O/c1-8(14)6(9-15-2)4(11)3(10)5(12)7(8)13/h6H,1-2H3. The SMILES string of the molecule is CO[B]C1C(F)=C(F)C(F)=C(F)C1(C)F. The van der Waals surface area contributed by atoms with E-state index in [2.05, 4.69) is 4.65 Å². The topological polar surface area (TPSA) is 9.23 Å². The third-order valence-electron chi connectivity index (χ3n) is 2.15. The van der Waals surface area contributed by atoms with Crippen LogP contribution in [0.5, 0.6) is 0 Å². The van der Waals surface area contributed by atoms with Crippen LogP contribution in [0.2, 0.25) is 5.82 Å². The van der Waals surface area contributed by atoms with Gasteiger partial charge in [-0.3, -0.25) is 0 Å². The number of hydrogen-bond donors (Lipinski definition) is 0. The van der Waals surface area contributed by atoms with Crippen LogP contribution >= 0.6 is 0 Å². The van der Waals surface area contributed by atoms with Crippen molar-refractivity contribution in [2.75, 3.05) is 7.11 Å². The normalized spacial score (nSPS) is 32.3. The van der Waals surface area contributed by atoms with E-state index in [-0.39, 0.29) is 0 Å². The van der Waals surface area contributed by atoms with Gasteiger partial charge in [-0.25, -0.2) is 22.0 Å². The van der Waals surface area contributed by atoms with Crippen molar-refractivity contribution >= 4 is 7.48 Å². The molecule has 0 saturated carbocycles. The minimum Gasteiger partial charge on any atom is -0.442 e. The average molecular weight is 225 g/mol. The lowest BCUT2D eigenvalue weighted by Crippen LogP contribution is -2.34. The predicted molar refractivity (Wildman–Crippen MR) is 44.5 cm³/mol. The first-order chi connectivity index (χ1) is 6.84. The molecule has 2 atom stereocenters. The van der Waals surface area contributed by atoms with E-state index in [9.17, 15) is 22.0 Å². The van der Waals surface area contributed by atoms with Gasteiger partial charge in [-0.1, -0.05) is 0 Å². The third kappa shape index (κ3) is 1.80. The summed E-state index contributed by atoms with van der Waals surface area (Å²) in [6, 6.07) is 0. The molecule has 1 rings (SSSR count). The Balaban J connectivity index is 3.23. The average Bonchev–Trinajstić information content (AvgIpc) is 2.19. The zero-order chi connectivity index (χ0) is 11.8. The molecule has 1 nitrogen and oxygen atoms in total. The zero-order valence-corrected chi connectivity index (χ0v) is 7.95. The van der Waals surface area contributed by atoms with Gasteiger partial charge >= 0.3 is 7.48 Å². The smallest absolute Gasteiger partial charge is 0.306 e. The van der Waals surface area contributed by atoms with Crippen LogP contribution in [-0.4, -0.2) is 20.3 Å².